The van der Waals surface area contributed by atoms with E-state index < -0.39 is 35.3 Å². The molecule has 3 rings (SSSR count). The first-order valence-corrected chi connectivity index (χ1v) is 18.1. The van der Waals surface area contributed by atoms with E-state index >= 15 is 0 Å². The molecule has 0 saturated heterocycles. The minimum absolute atomic E-state index is 0.0737. The van der Waals surface area contributed by atoms with Gasteiger partial charge in [-0.05, 0) is 105 Å². The number of carbonyl (C=O) groups excluding carboxylic acids is 3. The summed E-state index contributed by atoms with van der Waals surface area (Å²) >= 11 is 0. The van der Waals surface area contributed by atoms with Crippen LogP contribution in [0.3, 0.4) is 0 Å². The van der Waals surface area contributed by atoms with Gasteiger partial charge in [0.1, 0.15) is 6.54 Å². The average molecular weight is 741 g/mol. The van der Waals surface area contributed by atoms with Crippen molar-refractivity contribution < 1.29 is 53.8 Å². The number of aliphatic hydroxyl groups is 3. The van der Waals surface area contributed by atoms with E-state index in [9.17, 15) is 39.8 Å². The van der Waals surface area contributed by atoms with Gasteiger partial charge in [0.05, 0.1) is 38.6 Å². The van der Waals surface area contributed by atoms with E-state index in [-0.39, 0.29) is 55.4 Å². The number of nitrogens with zero attached hydrogens (tertiary/aromatic N) is 1. The molecule has 0 aromatic heterocycles. The van der Waals surface area contributed by atoms with Gasteiger partial charge >= 0.3 is 11.9 Å². The smallest absolute Gasteiger partial charge is 0.330 e. The first kappa shape index (κ1) is 42.6. The highest BCUT2D eigenvalue weighted by Gasteiger charge is 2.40. The number of carbonyl (C=O) groups is 3. The standard InChI is InChI=1S/C39H52N2O12/c1-50-36-25-29(17-22-38(46)51-23-9-10-24-52-41(48)49)16-21-35(36)53-39(47)27-40-37(45)14-8-3-2-7-13-31-32(34(44)26-33(31)43)20-19-30(42)18-15-28-11-5-4-6-12-28/h2,4-7,11-12,16-17,21-22,25,30-34,42-44H,3,8-10,13-15,18-20,23-24,26-27H2,1H3,(H,40,45)/b7-2-,22-17+/t30-,31+,32+,33-,34+/m0/s1. The van der Waals surface area contributed by atoms with E-state index in [0.29, 0.717) is 63.4 Å². The number of nitrogens with one attached hydrogen (secondary N) is 1. The number of rotatable bonds is 24. The third kappa shape index (κ3) is 16.6. The predicted molar refractivity (Wildman–Crippen MR) is 195 cm³/mol. The van der Waals surface area contributed by atoms with Crippen molar-refractivity contribution in [2.24, 2.45) is 11.8 Å². The fourth-order valence-electron chi connectivity index (χ4n) is 6.18. The number of ether oxygens (including phenoxy) is 3. The molecule has 290 valence electrons. The van der Waals surface area contributed by atoms with Crippen molar-refractivity contribution in [2.75, 3.05) is 26.9 Å². The topological polar surface area (TPSA) is 204 Å². The number of amides is 1. The fourth-order valence-corrected chi connectivity index (χ4v) is 6.18. The lowest BCUT2D eigenvalue weighted by molar-refractivity contribution is -0.757. The van der Waals surface area contributed by atoms with E-state index in [1.54, 1.807) is 12.1 Å². The van der Waals surface area contributed by atoms with Crippen LogP contribution in [0, 0.1) is 22.0 Å². The van der Waals surface area contributed by atoms with Gasteiger partial charge in [-0.25, -0.2) is 9.59 Å². The molecule has 14 heteroatoms. The SMILES string of the molecule is COc1cc(/C=C/C(=O)OCCCCO[N+](=O)[O-])ccc1OC(=O)CNC(=O)CCC/C=C\C[C@@H]1[C@@H](CC[C@@H](O)CCc2ccccc2)[C@H](O)C[C@@H]1O. The molecule has 0 radical (unpaired) electrons. The van der Waals surface area contributed by atoms with Crippen LogP contribution in [-0.4, -0.2) is 83.4 Å². The number of aryl methyl sites for hydroxylation is 1. The van der Waals surface area contributed by atoms with Crippen LogP contribution in [0.2, 0.25) is 0 Å². The Morgan fingerprint density at radius 1 is 0.981 bits per heavy atom. The second-order valence-electron chi connectivity index (χ2n) is 13.0. The zero-order valence-corrected chi connectivity index (χ0v) is 30.2. The summed E-state index contributed by atoms with van der Waals surface area (Å²) in [6.07, 6.45) is 10.7. The average Bonchev–Trinajstić information content (AvgIpc) is 3.42. The molecule has 0 heterocycles. The Balaban J connectivity index is 1.31. The van der Waals surface area contributed by atoms with Crippen LogP contribution in [0.4, 0.5) is 0 Å². The molecule has 5 atom stereocenters. The van der Waals surface area contributed by atoms with Gasteiger partial charge < -0.3 is 39.7 Å². The molecule has 1 aliphatic carbocycles. The van der Waals surface area contributed by atoms with Gasteiger partial charge in [0, 0.05) is 12.5 Å². The van der Waals surface area contributed by atoms with Gasteiger partial charge in [-0.2, -0.15) is 0 Å². The Hall–Kier alpha value is -4.79. The molecule has 0 spiro atoms. The summed E-state index contributed by atoms with van der Waals surface area (Å²) < 4.78 is 15.7. The van der Waals surface area contributed by atoms with Gasteiger partial charge in [-0.1, -0.05) is 48.6 Å². The number of aliphatic hydroxyl groups excluding tert-OH is 3. The maximum absolute atomic E-state index is 12.4. The number of esters is 2. The normalized spacial score (nSPS) is 18.9. The summed E-state index contributed by atoms with van der Waals surface area (Å²) in [7, 11) is 1.39. The predicted octanol–water partition coefficient (Wildman–Crippen LogP) is 4.51. The van der Waals surface area contributed by atoms with Crippen LogP contribution in [0.1, 0.15) is 75.3 Å². The highest BCUT2D eigenvalue weighted by atomic mass is 16.9. The number of benzene rings is 2. The fraction of sp³-hybridized carbons (Fsp3) is 0.513. The Morgan fingerprint density at radius 3 is 2.49 bits per heavy atom. The lowest BCUT2D eigenvalue weighted by Gasteiger charge is -2.23. The number of methoxy groups -OCH3 is 1. The molecule has 1 saturated carbocycles. The van der Waals surface area contributed by atoms with Crippen molar-refractivity contribution in [1.82, 2.24) is 5.32 Å². The van der Waals surface area contributed by atoms with Crippen LogP contribution in [0.5, 0.6) is 11.5 Å². The van der Waals surface area contributed by atoms with Crippen LogP contribution >= 0.6 is 0 Å². The molecule has 1 fully saturated rings. The van der Waals surface area contributed by atoms with Crippen molar-refractivity contribution >= 4 is 23.9 Å². The van der Waals surface area contributed by atoms with Gasteiger partial charge in [-0.3, -0.25) is 4.79 Å². The zero-order valence-electron chi connectivity index (χ0n) is 30.2. The molecule has 53 heavy (non-hydrogen) atoms. The molecular weight excluding hydrogens is 688 g/mol. The second-order valence-corrected chi connectivity index (χ2v) is 13.0. The maximum Gasteiger partial charge on any atom is 0.330 e. The second kappa shape index (κ2) is 23.7. The van der Waals surface area contributed by atoms with Gasteiger partial charge in [-0.15, -0.1) is 10.1 Å². The summed E-state index contributed by atoms with van der Waals surface area (Å²) in [5.41, 5.74) is 1.75. The summed E-state index contributed by atoms with van der Waals surface area (Å²) in [5.74, 6) is -1.41. The molecule has 14 nitrogen and oxygen atoms in total. The van der Waals surface area contributed by atoms with Crippen LogP contribution in [0.15, 0.2) is 66.8 Å². The Morgan fingerprint density at radius 2 is 1.74 bits per heavy atom. The van der Waals surface area contributed by atoms with Gasteiger partial charge in [0.25, 0.3) is 5.09 Å². The minimum atomic E-state index is -0.879. The number of allylic oxidation sites excluding steroid dienone is 2. The van der Waals surface area contributed by atoms with E-state index in [1.807, 2.05) is 42.5 Å². The van der Waals surface area contributed by atoms with Gasteiger partial charge in [0.2, 0.25) is 5.91 Å². The van der Waals surface area contributed by atoms with Crippen molar-refractivity contribution in [3.8, 4) is 11.5 Å². The molecule has 0 bridgehead atoms. The molecule has 2 aromatic carbocycles. The lowest BCUT2D eigenvalue weighted by Crippen LogP contribution is -2.31. The third-order valence-electron chi connectivity index (χ3n) is 9.05. The zero-order chi connectivity index (χ0) is 38.4. The van der Waals surface area contributed by atoms with Crippen molar-refractivity contribution in [3.05, 3.63) is 88.0 Å². The van der Waals surface area contributed by atoms with Crippen LogP contribution < -0.4 is 14.8 Å². The highest BCUT2D eigenvalue weighted by molar-refractivity contribution is 5.87. The third-order valence-corrected chi connectivity index (χ3v) is 9.05. The van der Waals surface area contributed by atoms with E-state index in [2.05, 4.69) is 10.2 Å². The largest absolute Gasteiger partial charge is 0.493 e. The van der Waals surface area contributed by atoms with Crippen molar-refractivity contribution in [3.63, 3.8) is 0 Å². The van der Waals surface area contributed by atoms with Crippen molar-refractivity contribution in [2.45, 2.75) is 88.9 Å². The first-order valence-electron chi connectivity index (χ1n) is 18.1. The Kier molecular flexibility index (Phi) is 19.1. The monoisotopic (exact) mass is 740 g/mol. The highest BCUT2D eigenvalue weighted by Crippen LogP contribution is 2.38. The lowest BCUT2D eigenvalue weighted by atomic mass is 9.85. The molecule has 0 aliphatic heterocycles. The summed E-state index contributed by atoms with van der Waals surface area (Å²) in [5, 5.41) is 43.4. The van der Waals surface area contributed by atoms with Crippen LogP contribution in [-0.2, 0) is 30.4 Å². The first-order chi connectivity index (χ1) is 25.5. The van der Waals surface area contributed by atoms with Crippen molar-refractivity contribution in [1.29, 1.82) is 0 Å². The maximum atomic E-state index is 12.4. The van der Waals surface area contributed by atoms with E-state index in [4.69, 9.17) is 14.2 Å². The number of hydrogen-bond donors (Lipinski definition) is 4. The molecule has 4 N–H and O–H groups in total. The molecule has 0 unspecified atom stereocenters. The Labute approximate surface area is 309 Å². The summed E-state index contributed by atoms with van der Waals surface area (Å²) in [4.78, 5) is 50.9. The van der Waals surface area contributed by atoms with E-state index in [0.717, 1.165) is 6.42 Å². The minimum Gasteiger partial charge on any atom is -0.493 e. The van der Waals surface area contributed by atoms with Crippen LogP contribution in [0.25, 0.3) is 6.08 Å². The summed E-state index contributed by atoms with van der Waals surface area (Å²) in [6, 6.07) is 14.7. The summed E-state index contributed by atoms with van der Waals surface area (Å²) in [6.45, 7) is -0.330. The molecule has 2 aromatic rings. The van der Waals surface area contributed by atoms with Gasteiger partial charge in [0.15, 0.2) is 11.5 Å². The quantitative estimate of drug-likeness (QED) is 0.0223. The molecular formula is C39H52N2O12. The molecule has 1 aliphatic rings. The Bertz CT molecular complexity index is 1500. The molecule has 1 amide bonds. The van der Waals surface area contributed by atoms with E-state index in [1.165, 1.54) is 30.9 Å². The number of hydrogen-bond acceptors (Lipinski definition) is 12. The number of unbranched alkanes of at least 4 members (excludes halogenated alkanes) is 2.